The normalized spacial score (nSPS) is 11.4. The summed E-state index contributed by atoms with van der Waals surface area (Å²) in [5, 5.41) is 0.556. The van der Waals surface area contributed by atoms with E-state index in [0.29, 0.717) is 10.8 Å². The van der Waals surface area contributed by atoms with Gasteiger partial charge in [0.25, 0.3) is 11.8 Å². The summed E-state index contributed by atoms with van der Waals surface area (Å²) in [6.45, 7) is 1.54. The van der Waals surface area contributed by atoms with Crippen LogP contribution in [-0.4, -0.2) is 17.9 Å². The number of nitrogens with one attached hydrogen (secondary N) is 2. The van der Waals surface area contributed by atoms with Gasteiger partial charge >= 0.3 is 0 Å². The van der Waals surface area contributed by atoms with Crippen molar-refractivity contribution in [2.45, 2.75) is 13.0 Å². The van der Waals surface area contributed by atoms with Crippen LogP contribution in [0.25, 0.3) is 0 Å². The maximum Gasteiger partial charge on any atom is 0.279 e. The van der Waals surface area contributed by atoms with E-state index in [0.717, 1.165) is 12.1 Å². The number of amides is 2. The summed E-state index contributed by atoms with van der Waals surface area (Å²) < 4.78 is 18.2. The molecule has 0 fully saturated rings. The third-order valence-corrected chi connectivity index (χ3v) is 3.15. The maximum atomic E-state index is 12.8. The summed E-state index contributed by atoms with van der Waals surface area (Å²) in [4.78, 5) is 23.6. The molecule has 2 aromatic carbocycles. The van der Waals surface area contributed by atoms with Gasteiger partial charge in [0.15, 0.2) is 6.10 Å². The minimum Gasteiger partial charge on any atom is -0.481 e. The van der Waals surface area contributed by atoms with E-state index in [1.165, 1.54) is 19.1 Å². The monoisotopic (exact) mass is 336 g/mol. The number of ether oxygens (including phenoxy) is 1. The molecule has 0 saturated carbocycles. The summed E-state index contributed by atoms with van der Waals surface area (Å²) in [6, 6.07) is 11.5. The Bertz CT molecular complexity index is 689. The van der Waals surface area contributed by atoms with Gasteiger partial charge in [-0.05, 0) is 55.5 Å². The summed E-state index contributed by atoms with van der Waals surface area (Å²) >= 11 is 5.76. The Hall–Kier alpha value is -2.60. The van der Waals surface area contributed by atoms with Gasteiger partial charge in [-0.2, -0.15) is 0 Å². The summed E-state index contributed by atoms with van der Waals surface area (Å²) in [5.74, 6) is -1.06. The summed E-state index contributed by atoms with van der Waals surface area (Å²) in [7, 11) is 0. The maximum absolute atomic E-state index is 12.8. The lowest BCUT2D eigenvalue weighted by Gasteiger charge is -2.15. The van der Waals surface area contributed by atoms with E-state index in [1.54, 1.807) is 24.3 Å². The Labute approximate surface area is 137 Å². The highest BCUT2D eigenvalue weighted by atomic mass is 35.5. The Morgan fingerprint density at radius 1 is 1.04 bits per heavy atom. The van der Waals surface area contributed by atoms with Crippen molar-refractivity contribution in [2.24, 2.45) is 0 Å². The smallest absolute Gasteiger partial charge is 0.279 e. The van der Waals surface area contributed by atoms with Crippen LogP contribution >= 0.6 is 11.6 Å². The van der Waals surface area contributed by atoms with Crippen molar-refractivity contribution in [1.29, 1.82) is 0 Å². The van der Waals surface area contributed by atoms with Gasteiger partial charge in [-0.1, -0.05) is 11.6 Å². The van der Waals surface area contributed by atoms with Crippen LogP contribution in [0.15, 0.2) is 48.5 Å². The first-order valence-electron chi connectivity index (χ1n) is 6.73. The molecule has 0 heterocycles. The fourth-order valence-electron chi connectivity index (χ4n) is 1.66. The highest BCUT2D eigenvalue weighted by Crippen LogP contribution is 2.16. The Balaban J connectivity index is 1.84. The molecule has 5 nitrogen and oxygen atoms in total. The molecule has 0 unspecified atom stereocenters. The van der Waals surface area contributed by atoms with Crippen molar-refractivity contribution in [2.75, 3.05) is 0 Å². The number of carbonyl (C=O) groups excluding carboxylic acids is 2. The number of hydrogen-bond acceptors (Lipinski definition) is 3. The van der Waals surface area contributed by atoms with E-state index >= 15 is 0 Å². The van der Waals surface area contributed by atoms with Gasteiger partial charge in [0, 0.05) is 10.6 Å². The molecular weight excluding hydrogens is 323 g/mol. The number of hydrazine groups is 1. The predicted molar refractivity (Wildman–Crippen MR) is 83.6 cm³/mol. The molecular formula is C16H14ClFN2O3. The first-order valence-corrected chi connectivity index (χ1v) is 7.11. The molecule has 2 N–H and O–H groups in total. The lowest BCUT2D eigenvalue weighted by atomic mass is 10.2. The van der Waals surface area contributed by atoms with Gasteiger partial charge < -0.3 is 4.74 Å². The van der Waals surface area contributed by atoms with Gasteiger partial charge in [0.05, 0.1) is 0 Å². The molecule has 0 saturated heterocycles. The molecule has 0 aliphatic rings. The number of benzene rings is 2. The van der Waals surface area contributed by atoms with Gasteiger partial charge in [-0.15, -0.1) is 0 Å². The zero-order valence-electron chi connectivity index (χ0n) is 12.2. The van der Waals surface area contributed by atoms with Gasteiger partial charge in [-0.25, -0.2) is 4.39 Å². The Kier molecular flexibility index (Phi) is 5.54. The van der Waals surface area contributed by atoms with Crippen LogP contribution in [0.3, 0.4) is 0 Å². The topological polar surface area (TPSA) is 67.4 Å². The average molecular weight is 337 g/mol. The van der Waals surface area contributed by atoms with Crippen molar-refractivity contribution < 1.29 is 18.7 Å². The molecule has 7 heteroatoms. The minimum absolute atomic E-state index is 0.220. The molecule has 0 aliphatic heterocycles. The van der Waals surface area contributed by atoms with Crippen LogP contribution in [-0.2, 0) is 4.79 Å². The van der Waals surface area contributed by atoms with Crippen molar-refractivity contribution >= 4 is 23.4 Å². The Morgan fingerprint density at radius 3 is 2.26 bits per heavy atom. The SMILES string of the molecule is C[C@@H](Oc1ccc(Cl)cc1)C(=O)NNC(=O)c1ccc(F)cc1. The largest absolute Gasteiger partial charge is 0.481 e. The van der Waals surface area contributed by atoms with Crippen LogP contribution < -0.4 is 15.6 Å². The van der Waals surface area contributed by atoms with Gasteiger partial charge in [0.1, 0.15) is 11.6 Å². The van der Waals surface area contributed by atoms with E-state index in [-0.39, 0.29) is 5.56 Å². The third-order valence-electron chi connectivity index (χ3n) is 2.90. The second-order valence-electron chi connectivity index (χ2n) is 4.66. The van der Waals surface area contributed by atoms with E-state index in [9.17, 15) is 14.0 Å². The average Bonchev–Trinajstić information content (AvgIpc) is 2.55. The first kappa shape index (κ1) is 16.8. The highest BCUT2D eigenvalue weighted by molar-refractivity contribution is 6.30. The van der Waals surface area contributed by atoms with Crippen molar-refractivity contribution in [3.63, 3.8) is 0 Å². The van der Waals surface area contributed by atoms with E-state index < -0.39 is 23.7 Å². The molecule has 0 bridgehead atoms. The lowest BCUT2D eigenvalue weighted by Crippen LogP contribution is -2.47. The number of halogens is 2. The first-order chi connectivity index (χ1) is 11.0. The quantitative estimate of drug-likeness (QED) is 0.844. The molecule has 0 radical (unpaired) electrons. The second kappa shape index (κ2) is 7.60. The van der Waals surface area contributed by atoms with Crippen LogP contribution in [0.4, 0.5) is 4.39 Å². The summed E-state index contributed by atoms with van der Waals surface area (Å²) in [5.41, 5.74) is 4.70. The number of rotatable bonds is 4. The highest BCUT2D eigenvalue weighted by Gasteiger charge is 2.15. The van der Waals surface area contributed by atoms with Crippen LogP contribution in [0.2, 0.25) is 5.02 Å². The molecule has 0 aliphatic carbocycles. The van der Waals surface area contributed by atoms with E-state index in [1.807, 2.05) is 0 Å². The molecule has 1 atom stereocenters. The van der Waals surface area contributed by atoms with Crippen molar-refractivity contribution in [3.05, 3.63) is 64.9 Å². The van der Waals surface area contributed by atoms with Crippen molar-refractivity contribution in [1.82, 2.24) is 10.9 Å². The molecule has 2 amide bonds. The minimum atomic E-state index is -0.829. The second-order valence-corrected chi connectivity index (χ2v) is 5.10. The number of hydrogen-bond donors (Lipinski definition) is 2. The molecule has 2 aromatic rings. The van der Waals surface area contributed by atoms with Crippen LogP contribution in [0.1, 0.15) is 17.3 Å². The molecule has 0 aromatic heterocycles. The summed E-state index contributed by atoms with van der Waals surface area (Å²) in [6.07, 6.45) is -0.829. The van der Waals surface area contributed by atoms with Crippen LogP contribution in [0, 0.1) is 5.82 Å². The molecule has 23 heavy (non-hydrogen) atoms. The molecule has 2 rings (SSSR count). The molecule has 120 valence electrons. The van der Waals surface area contributed by atoms with Crippen molar-refractivity contribution in [3.8, 4) is 5.75 Å². The zero-order chi connectivity index (χ0) is 16.8. The lowest BCUT2D eigenvalue weighted by molar-refractivity contribution is -0.128. The standard InChI is InChI=1S/C16H14ClFN2O3/c1-10(23-14-8-4-12(17)5-9-14)15(21)19-20-16(22)11-2-6-13(18)7-3-11/h2-10H,1H3,(H,19,21)(H,20,22)/t10-/m1/s1. The van der Waals surface area contributed by atoms with E-state index in [4.69, 9.17) is 16.3 Å². The van der Waals surface area contributed by atoms with Crippen LogP contribution in [0.5, 0.6) is 5.75 Å². The predicted octanol–water partition coefficient (Wildman–Crippen LogP) is 2.71. The molecule has 0 spiro atoms. The van der Waals surface area contributed by atoms with Gasteiger partial charge in [-0.3, -0.25) is 20.4 Å². The fraction of sp³-hybridized carbons (Fsp3) is 0.125. The zero-order valence-corrected chi connectivity index (χ0v) is 12.9. The van der Waals surface area contributed by atoms with Gasteiger partial charge in [0.2, 0.25) is 0 Å². The fourth-order valence-corrected chi connectivity index (χ4v) is 1.79. The Morgan fingerprint density at radius 2 is 1.65 bits per heavy atom. The van der Waals surface area contributed by atoms with E-state index in [2.05, 4.69) is 10.9 Å². The number of carbonyl (C=O) groups is 2. The third kappa shape index (κ3) is 4.96.